The number of alkyl carbamates (subject to hydrolysis) is 1. The molecule has 0 unspecified atom stereocenters. The van der Waals surface area contributed by atoms with Gasteiger partial charge in [0.15, 0.2) is 0 Å². The van der Waals surface area contributed by atoms with Crippen LogP contribution < -0.4 is 5.32 Å². The molecule has 48 heavy (non-hydrogen) atoms. The zero-order valence-corrected chi connectivity index (χ0v) is 28.8. The van der Waals surface area contributed by atoms with Crippen molar-refractivity contribution in [2.24, 2.45) is 0 Å². The molecule has 0 radical (unpaired) electrons. The van der Waals surface area contributed by atoms with Gasteiger partial charge in [-0.2, -0.15) is 0 Å². The topological polar surface area (TPSA) is 90.0 Å². The highest BCUT2D eigenvalue weighted by Crippen LogP contribution is 2.37. The molecule has 3 aromatic carbocycles. The molecule has 252 valence electrons. The molecule has 1 saturated heterocycles. The van der Waals surface area contributed by atoms with Crippen LogP contribution in [0.15, 0.2) is 103 Å². The Labute approximate surface area is 284 Å². The molecule has 1 aromatic heterocycles. The van der Waals surface area contributed by atoms with Crippen molar-refractivity contribution in [1.82, 2.24) is 15.2 Å². The van der Waals surface area contributed by atoms with Gasteiger partial charge < -0.3 is 19.5 Å². The number of hydrogen-bond acceptors (Lipinski definition) is 6. The number of rotatable bonds is 10. The van der Waals surface area contributed by atoms with E-state index in [-0.39, 0.29) is 18.7 Å². The third-order valence-corrected chi connectivity index (χ3v) is 8.39. The summed E-state index contributed by atoms with van der Waals surface area (Å²) in [6.45, 7) is 11.4. The number of aromatic nitrogens is 1. The van der Waals surface area contributed by atoms with Crippen LogP contribution in [0, 0.1) is 6.92 Å². The highest BCUT2D eigenvalue weighted by Gasteiger charge is 2.51. The molecule has 1 aliphatic heterocycles. The summed E-state index contributed by atoms with van der Waals surface area (Å²) in [7, 11) is 0. The minimum Gasteiger partial charge on any atom is -0.444 e. The Balaban J connectivity index is 1.42. The summed E-state index contributed by atoms with van der Waals surface area (Å²) in [5, 5.41) is 3.10. The monoisotopic (exact) mass is 649 g/mol. The number of nitrogens with one attached hydrogen (secondary N) is 1. The van der Waals surface area contributed by atoms with E-state index in [4.69, 9.17) is 14.2 Å². The van der Waals surface area contributed by atoms with Crippen molar-refractivity contribution in [3.8, 4) is 11.1 Å². The van der Waals surface area contributed by atoms with E-state index in [9.17, 15) is 9.59 Å². The average Bonchev–Trinajstić information content (AvgIpc) is 3.28. The van der Waals surface area contributed by atoms with E-state index in [2.05, 4.69) is 40.6 Å². The maximum Gasteiger partial charge on any atom is 0.412 e. The van der Waals surface area contributed by atoms with Crippen LogP contribution in [0.1, 0.15) is 63.4 Å². The Kier molecular flexibility index (Phi) is 10.8. The van der Waals surface area contributed by atoms with Crippen molar-refractivity contribution in [3.05, 3.63) is 126 Å². The molecule has 0 saturated carbocycles. The molecule has 0 bridgehead atoms. The van der Waals surface area contributed by atoms with Gasteiger partial charge in [0, 0.05) is 23.5 Å². The lowest BCUT2D eigenvalue weighted by molar-refractivity contribution is -0.0735. The van der Waals surface area contributed by atoms with Gasteiger partial charge in [0.05, 0.1) is 12.1 Å². The van der Waals surface area contributed by atoms with Crippen LogP contribution >= 0.6 is 0 Å². The summed E-state index contributed by atoms with van der Waals surface area (Å²) in [4.78, 5) is 33.1. The zero-order valence-electron chi connectivity index (χ0n) is 28.8. The molecule has 4 aromatic rings. The van der Waals surface area contributed by atoms with E-state index < -0.39 is 29.6 Å². The van der Waals surface area contributed by atoms with Gasteiger partial charge in [-0.3, -0.25) is 9.88 Å². The van der Waals surface area contributed by atoms with Crippen molar-refractivity contribution in [3.63, 3.8) is 0 Å². The van der Waals surface area contributed by atoms with E-state index in [1.165, 1.54) is 0 Å². The molecule has 1 aliphatic rings. The quantitative estimate of drug-likeness (QED) is 0.186. The predicted octanol–water partition coefficient (Wildman–Crippen LogP) is 8.27. The van der Waals surface area contributed by atoms with Crippen LogP contribution in [-0.2, 0) is 33.7 Å². The molecular formula is C40H47N3O5. The van der Waals surface area contributed by atoms with Crippen molar-refractivity contribution in [2.75, 3.05) is 0 Å². The van der Waals surface area contributed by atoms with Gasteiger partial charge in [-0.25, -0.2) is 9.59 Å². The Morgan fingerprint density at radius 2 is 1.50 bits per heavy atom. The Morgan fingerprint density at radius 1 is 0.875 bits per heavy atom. The second-order valence-corrected chi connectivity index (χ2v) is 13.9. The van der Waals surface area contributed by atoms with Gasteiger partial charge in [-0.05, 0) is 89.1 Å². The lowest BCUT2D eigenvalue weighted by atomic mass is 9.93. The van der Waals surface area contributed by atoms with Gasteiger partial charge >= 0.3 is 12.2 Å². The second-order valence-electron chi connectivity index (χ2n) is 13.9. The van der Waals surface area contributed by atoms with Crippen LogP contribution in [0.2, 0.25) is 0 Å². The van der Waals surface area contributed by atoms with Crippen molar-refractivity contribution in [1.29, 1.82) is 0 Å². The molecule has 2 heterocycles. The smallest absolute Gasteiger partial charge is 0.412 e. The van der Waals surface area contributed by atoms with Gasteiger partial charge in [0.2, 0.25) is 0 Å². The van der Waals surface area contributed by atoms with E-state index in [0.717, 1.165) is 33.5 Å². The molecule has 0 aliphatic carbocycles. The summed E-state index contributed by atoms with van der Waals surface area (Å²) in [6.07, 6.45) is 2.10. The highest BCUT2D eigenvalue weighted by molar-refractivity contribution is 5.70. The molecule has 5 rings (SSSR count). The molecule has 8 nitrogen and oxygen atoms in total. The maximum atomic E-state index is 13.9. The molecule has 1 N–H and O–H groups in total. The van der Waals surface area contributed by atoms with Crippen LogP contribution in [0.5, 0.6) is 0 Å². The Bertz CT molecular complexity index is 1630. The van der Waals surface area contributed by atoms with Crippen molar-refractivity contribution < 1.29 is 23.8 Å². The van der Waals surface area contributed by atoms with Gasteiger partial charge in [-0.1, -0.05) is 91.0 Å². The lowest BCUT2D eigenvalue weighted by Crippen LogP contribution is -2.50. The molecule has 0 spiro atoms. The number of carbonyl (C=O) groups is 2. The first-order chi connectivity index (χ1) is 22.9. The molecule has 3 atom stereocenters. The SMILES string of the molecule is Cc1ccc(-c2ccc(C[C@H]3[C@H](C[C@H](Cc4ccccc4)NC(=O)OC(C)(C)C)OC(C)(C)N3C(=O)OCc3ccccc3)cc2)cn1. The number of nitrogens with zero attached hydrogens (tertiary/aromatic N) is 2. The Morgan fingerprint density at radius 3 is 2.10 bits per heavy atom. The number of aryl methyl sites for hydroxylation is 1. The maximum absolute atomic E-state index is 13.9. The second kappa shape index (κ2) is 15.0. The largest absolute Gasteiger partial charge is 0.444 e. The van der Waals surface area contributed by atoms with Gasteiger partial charge in [0.1, 0.15) is 17.9 Å². The summed E-state index contributed by atoms with van der Waals surface area (Å²) < 4.78 is 18.2. The number of amides is 2. The third-order valence-electron chi connectivity index (χ3n) is 8.39. The molecule has 8 heteroatoms. The van der Waals surface area contributed by atoms with Gasteiger partial charge in [-0.15, -0.1) is 0 Å². The van der Waals surface area contributed by atoms with E-state index in [1.54, 1.807) is 4.90 Å². The summed E-state index contributed by atoms with van der Waals surface area (Å²) in [6, 6.07) is 31.4. The van der Waals surface area contributed by atoms with E-state index in [0.29, 0.717) is 19.3 Å². The highest BCUT2D eigenvalue weighted by atomic mass is 16.6. The third kappa shape index (κ3) is 9.44. The zero-order chi connectivity index (χ0) is 34.3. The minimum absolute atomic E-state index is 0.153. The van der Waals surface area contributed by atoms with Crippen molar-refractivity contribution in [2.45, 2.75) is 96.9 Å². The first-order valence-corrected chi connectivity index (χ1v) is 16.6. The standard InChI is InChI=1S/C40H47N3O5/c1-28-17-20-33(26-41-28)32-21-18-30(19-22-32)24-35-36(47-40(5,6)43(35)38(45)46-27-31-15-11-8-12-16-31)25-34(23-29-13-9-7-10-14-29)42-37(44)48-39(2,3)4/h7-22,26,34-36H,23-25,27H2,1-6H3,(H,42,44)/t34-,35-,36-/m0/s1. The van der Waals surface area contributed by atoms with Crippen LogP contribution in [0.3, 0.4) is 0 Å². The van der Waals surface area contributed by atoms with Crippen LogP contribution in [0.4, 0.5) is 9.59 Å². The Hall–Kier alpha value is -4.69. The predicted molar refractivity (Wildman–Crippen MR) is 187 cm³/mol. The number of pyridine rings is 1. The van der Waals surface area contributed by atoms with Crippen LogP contribution in [-0.4, -0.2) is 51.6 Å². The van der Waals surface area contributed by atoms with E-state index in [1.807, 2.05) is 114 Å². The summed E-state index contributed by atoms with van der Waals surface area (Å²) in [5.41, 5.74) is 4.51. The average molecular weight is 650 g/mol. The molecule has 1 fully saturated rings. The van der Waals surface area contributed by atoms with E-state index >= 15 is 0 Å². The first kappa shape index (κ1) is 34.6. The number of benzene rings is 3. The minimum atomic E-state index is -0.959. The fraction of sp³-hybridized carbons (Fsp3) is 0.375. The van der Waals surface area contributed by atoms with Crippen LogP contribution in [0.25, 0.3) is 11.1 Å². The number of ether oxygens (including phenoxy) is 3. The number of carbonyl (C=O) groups excluding carboxylic acids is 2. The molecule has 2 amide bonds. The normalized spacial score (nSPS) is 17.8. The van der Waals surface area contributed by atoms with Crippen molar-refractivity contribution >= 4 is 12.2 Å². The summed E-state index contributed by atoms with van der Waals surface area (Å²) >= 11 is 0. The van der Waals surface area contributed by atoms with Gasteiger partial charge in [0.25, 0.3) is 0 Å². The molecular weight excluding hydrogens is 602 g/mol. The number of hydrogen-bond donors (Lipinski definition) is 1. The fourth-order valence-corrected chi connectivity index (χ4v) is 6.20. The fourth-order valence-electron chi connectivity index (χ4n) is 6.20. The lowest BCUT2D eigenvalue weighted by Gasteiger charge is -2.33. The first-order valence-electron chi connectivity index (χ1n) is 16.6. The summed E-state index contributed by atoms with van der Waals surface area (Å²) in [5.74, 6) is 0.